The van der Waals surface area contributed by atoms with Crippen LogP contribution in [0.25, 0.3) is 0 Å². The maximum Gasteiger partial charge on any atom is 0.153 e. The molecule has 90 valence electrons. The van der Waals surface area contributed by atoms with Crippen molar-refractivity contribution in [3.05, 3.63) is 18.0 Å². The second kappa shape index (κ2) is 4.57. The van der Waals surface area contributed by atoms with Crippen molar-refractivity contribution in [3.63, 3.8) is 0 Å². The molecule has 1 aromatic rings. The van der Waals surface area contributed by atoms with Crippen molar-refractivity contribution in [1.29, 1.82) is 0 Å². The van der Waals surface area contributed by atoms with Crippen molar-refractivity contribution < 1.29 is 13.9 Å². The lowest BCUT2D eigenvalue weighted by Crippen LogP contribution is -2.23. The first kappa shape index (κ1) is 11.6. The number of hydrogen-bond acceptors (Lipinski definition) is 4. The van der Waals surface area contributed by atoms with Crippen molar-refractivity contribution in [2.75, 3.05) is 11.5 Å². The van der Waals surface area contributed by atoms with Gasteiger partial charge in [0.2, 0.25) is 0 Å². The lowest BCUT2D eigenvalue weighted by atomic mass is 10.0. The Labute approximate surface area is 95.8 Å². The Kier molecular flexibility index (Phi) is 3.32. The summed E-state index contributed by atoms with van der Waals surface area (Å²) in [6, 6.07) is 0. The van der Waals surface area contributed by atoms with Crippen molar-refractivity contribution in [1.82, 2.24) is 9.78 Å². The van der Waals surface area contributed by atoms with E-state index in [4.69, 9.17) is 0 Å². The topological polar surface area (TPSA) is 75.4 Å². The van der Waals surface area contributed by atoms with Gasteiger partial charge in [0.05, 0.1) is 11.8 Å². The Bertz CT molecular complexity index is 368. The van der Waals surface area contributed by atoms with E-state index in [9.17, 15) is 13.9 Å². The average Bonchev–Trinajstić information content (AvgIpc) is 2.69. The molecular formula is C10H16N2O3S. The van der Waals surface area contributed by atoms with Crippen molar-refractivity contribution in [2.45, 2.75) is 19.4 Å². The fourth-order valence-corrected chi connectivity index (χ4v) is 3.57. The van der Waals surface area contributed by atoms with Gasteiger partial charge in [-0.15, -0.1) is 0 Å². The number of carbonyl (C=O) groups excluding carboxylic acids is 1. The van der Waals surface area contributed by atoms with Gasteiger partial charge in [0.15, 0.2) is 6.29 Å². The second-order valence-electron chi connectivity index (χ2n) is 4.27. The van der Waals surface area contributed by atoms with Gasteiger partial charge < -0.3 is 0 Å². The lowest BCUT2D eigenvalue weighted by Gasteiger charge is -2.39. The summed E-state index contributed by atoms with van der Waals surface area (Å²) in [5.74, 6) is 1.43. The zero-order valence-corrected chi connectivity index (χ0v) is 9.77. The molecule has 2 N–H and O–H groups in total. The first-order valence-corrected chi connectivity index (χ1v) is 7.19. The molecule has 0 amide bonds. The Hall–Kier alpha value is -0.850. The van der Waals surface area contributed by atoms with Crippen LogP contribution >= 0.6 is 10.6 Å². The summed E-state index contributed by atoms with van der Waals surface area (Å²) in [5.41, 5.74) is 0.583. The van der Waals surface area contributed by atoms with Crippen LogP contribution in [-0.2, 0) is 6.54 Å². The summed E-state index contributed by atoms with van der Waals surface area (Å²) < 4.78 is 20.7. The Morgan fingerprint density at radius 3 is 2.75 bits per heavy atom. The maximum atomic E-state index is 10.5. The van der Waals surface area contributed by atoms with E-state index in [-0.39, 0.29) is 0 Å². The van der Waals surface area contributed by atoms with Crippen LogP contribution in [0.5, 0.6) is 0 Å². The van der Waals surface area contributed by atoms with Crippen LogP contribution in [0.3, 0.4) is 0 Å². The minimum atomic E-state index is -2.29. The molecule has 0 saturated carbocycles. The van der Waals surface area contributed by atoms with Gasteiger partial charge in [-0.05, 0) is 18.8 Å². The van der Waals surface area contributed by atoms with Crippen molar-refractivity contribution in [2.24, 2.45) is 5.92 Å². The number of hydrogen-bond donors (Lipinski definition) is 2. The summed E-state index contributed by atoms with van der Waals surface area (Å²) >= 11 is 0. The number of aromatic nitrogens is 2. The van der Waals surface area contributed by atoms with Gasteiger partial charge in [0, 0.05) is 24.2 Å². The molecule has 0 aliphatic carbocycles. The third kappa shape index (κ3) is 2.84. The minimum Gasteiger partial charge on any atom is -0.299 e. The van der Waals surface area contributed by atoms with E-state index in [1.54, 1.807) is 17.1 Å². The molecule has 1 fully saturated rings. The van der Waals surface area contributed by atoms with Gasteiger partial charge in [-0.25, -0.2) is 0 Å². The summed E-state index contributed by atoms with van der Waals surface area (Å²) in [5, 5.41) is 4.08. The molecule has 1 aliphatic rings. The highest BCUT2D eigenvalue weighted by molar-refractivity contribution is 8.24. The molecule has 0 spiro atoms. The highest BCUT2D eigenvalue weighted by atomic mass is 32.3. The van der Waals surface area contributed by atoms with E-state index in [2.05, 4.69) is 5.10 Å². The van der Waals surface area contributed by atoms with Crippen LogP contribution in [0.4, 0.5) is 0 Å². The quantitative estimate of drug-likeness (QED) is 0.796. The molecule has 2 rings (SSSR count). The van der Waals surface area contributed by atoms with Crippen LogP contribution in [0, 0.1) is 5.92 Å². The van der Waals surface area contributed by atoms with Crippen LogP contribution < -0.4 is 0 Å². The van der Waals surface area contributed by atoms with E-state index in [1.165, 1.54) is 0 Å². The van der Waals surface area contributed by atoms with Crippen molar-refractivity contribution >= 4 is 16.9 Å². The monoisotopic (exact) mass is 244 g/mol. The lowest BCUT2D eigenvalue weighted by molar-refractivity contribution is 0.112. The van der Waals surface area contributed by atoms with Crippen LogP contribution in [0.15, 0.2) is 12.4 Å². The third-order valence-corrected chi connectivity index (χ3v) is 4.72. The van der Waals surface area contributed by atoms with Crippen LogP contribution in [0.1, 0.15) is 23.2 Å². The smallest absolute Gasteiger partial charge is 0.153 e. The highest BCUT2D eigenvalue weighted by Gasteiger charge is 2.24. The molecule has 0 unspecified atom stereocenters. The molecule has 16 heavy (non-hydrogen) atoms. The fraction of sp³-hybridized carbons (Fsp3) is 0.600. The van der Waals surface area contributed by atoms with E-state index in [0.29, 0.717) is 23.0 Å². The van der Waals surface area contributed by atoms with Crippen molar-refractivity contribution in [3.8, 4) is 0 Å². The Balaban J connectivity index is 1.89. The van der Waals surface area contributed by atoms with Crippen LogP contribution in [-0.4, -0.2) is 36.7 Å². The van der Waals surface area contributed by atoms with E-state index >= 15 is 0 Å². The number of carbonyl (C=O) groups is 1. The summed E-state index contributed by atoms with van der Waals surface area (Å²) in [6.07, 6.45) is 5.68. The summed E-state index contributed by atoms with van der Waals surface area (Å²) in [4.78, 5) is 10.5. The van der Waals surface area contributed by atoms with Crippen LogP contribution in [0.2, 0.25) is 0 Å². The minimum absolute atomic E-state index is 0.430. The highest BCUT2D eigenvalue weighted by Crippen LogP contribution is 2.45. The van der Waals surface area contributed by atoms with Gasteiger partial charge in [0.1, 0.15) is 0 Å². The summed E-state index contributed by atoms with van der Waals surface area (Å²) in [7, 11) is -2.29. The first-order chi connectivity index (χ1) is 7.59. The first-order valence-electron chi connectivity index (χ1n) is 5.30. The van der Waals surface area contributed by atoms with E-state index < -0.39 is 10.6 Å². The van der Waals surface area contributed by atoms with E-state index in [1.807, 2.05) is 0 Å². The second-order valence-corrected chi connectivity index (χ2v) is 6.69. The summed E-state index contributed by atoms with van der Waals surface area (Å²) in [6.45, 7) is 0.753. The number of aldehydes is 1. The normalized spacial score (nSPS) is 22.9. The molecule has 2 heterocycles. The predicted octanol–water partition coefficient (Wildman–Crippen LogP) is 1.86. The number of rotatable bonds is 3. The number of nitrogens with zero attached hydrogens (tertiary/aromatic N) is 2. The van der Waals surface area contributed by atoms with Gasteiger partial charge >= 0.3 is 0 Å². The fourth-order valence-electron chi connectivity index (χ4n) is 1.94. The van der Waals surface area contributed by atoms with Gasteiger partial charge in [-0.2, -0.15) is 15.7 Å². The molecule has 0 radical (unpaired) electrons. The maximum absolute atomic E-state index is 10.5. The van der Waals surface area contributed by atoms with Gasteiger partial charge in [-0.3, -0.25) is 18.6 Å². The zero-order valence-electron chi connectivity index (χ0n) is 8.95. The molecule has 1 aromatic heterocycles. The predicted molar refractivity (Wildman–Crippen MR) is 62.9 cm³/mol. The van der Waals surface area contributed by atoms with Gasteiger partial charge in [-0.1, -0.05) is 0 Å². The molecule has 0 atom stereocenters. The average molecular weight is 244 g/mol. The zero-order chi connectivity index (χ0) is 11.6. The molecule has 0 bridgehead atoms. The SMILES string of the molecule is O=Cc1cnn(CC2CCS(O)(O)CC2)c1. The molecule has 1 aliphatic heterocycles. The molecule has 6 heteroatoms. The Morgan fingerprint density at radius 2 is 2.19 bits per heavy atom. The molecule has 1 saturated heterocycles. The standard InChI is InChI=1S/C10H16N2O3S/c13-8-10-5-11-12(7-10)6-9-1-3-16(14,15)4-2-9/h5,7-9,14-15H,1-4,6H2. The largest absolute Gasteiger partial charge is 0.299 e. The Morgan fingerprint density at radius 1 is 1.50 bits per heavy atom. The van der Waals surface area contributed by atoms with E-state index in [0.717, 1.165) is 25.7 Å². The molecule has 5 nitrogen and oxygen atoms in total. The van der Waals surface area contributed by atoms with Gasteiger partial charge in [0.25, 0.3) is 0 Å². The third-order valence-electron chi connectivity index (χ3n) is 2.94. The molecule has 0 aromatic carbocycles. The molecular weight excluding hydrogens is 228 g/mol.